The van der Waals surface area contributed by atoms with E-state index < -0.39 is 11.9 Å². The zero-order valence-electron chi connectivity index (χ0n) is 11.3. The number of aromatic nitrogens is 3. The number of H-pyrrole nitrogens is 1. The van der Waals surface area contributed by atoms with Crippen LogP contribution in [-0.2, 0) is 0 Å². The van der Waals surface area contributed by atoms with Crippen LogP contribution in [0.5, 0.6) is 0 Å². The molecular weight excluding hydrogens is 340 g/mol. The van der Waals surface area contributed by atoms with E-state index in [0.717, 1.165) is 0 Å². The molecule has 3 N–H and O–H groups in total. The highest BCUT2D eigenvalue weighted by Gasteiger charge is 2.16. The Morgan fingerprint density at radius 1 is 1.38 bits per heavy atom. The molecule has 0 aliphatic carbocycles. The van der Waals surface area contributed by atoms with E-state index in [1.807, 2.05) is 13.8 Å². The number of carbonyl (C=O) groups is 2. The highest BCUT2D eigenvalue weighted by molar-refractivity contribution is 9.10. The largest absolute Gasteiger partial charge is 0.478 e. The molecule has 0 spiro atoms. The van der Waals surface area contributed by atoms with E-state index in [2.05, 4.69) is 36.4 Å². The van der Waals surface area contributed by atoms with E-state index in [0.29, 0.717) is 16.0 Å². The summed E-state index contributed by atoms with van der Waals surface area (Å²) in [6.45, 7) is 3.85. The van der Waals surface area contributed by atoms with Gasteiger partial charge in [0.15, 0.2) is 0 Å². The van der Waals surface area contributed by atoms with E-state index in [9.17, 15) is 9.59 Å². The summed E-state index contributed by atoms with van der Waals surface area (Å²) in [5.74, 6) is -0.842. The zero-order valence-corrected chi connectivity index (χ0v) is 12.9. The first-order chi connectivity index (χ1) is 9.88. The lowest BCUT2D eigenvalue weighted by atomic mass is 10.2. The highest BCUT2D eigenvalue weighted by Crippen LogP contribution is 2.24. The summed E-state index contributed by atoms with van der Waals surface area (Å²) in [5, 5.41) is 18.1. The monoisotopic (exact) mass is 352 g/mol. The van der Waals surface area contributed by atoms with Crippen molar-refractivity contribution in [2.75, 3.05) is 5.32 Å². The molecule has 2 aromatic rings. The van der Waals surface area contributed by atoms with Gasteiger partial charge in [0.25, 0.3) is 5.91 Å². The maximum atomic E-state index is 12.1. The molecular formula is C13H13BrN4O3. The van der Waals surface area contributed by atoms with E-state index in [4.69, 9.17) is 5.11 Å². The molecule has 0 aliphatic rings. The van der Waals surface area contributed by atoms with Crippen LogP contribution in [0.1, 0.15) is 46.6 Å². The van der Waals surface area contributed by atoms with Crippen molar-refractivity contribution in [3.63, 3.8) is 0 Å². The fourth-order valence-electron chi connectivity index (χ4n) is 1.57. The van der Waals surface area contributed by atoms with E-state index >= 15 is 0 Å². The summed E-state index contributed by atoms with van der Waals surface area (Å²) < 4.78 is 0.570. The lowest BCUT2D eigenvalue weighted by Gasteiger charge is -2.06. The third-order valence-corrected chi connectivity index (χ3v) is 3.41. The molecule has 1 aromatic heterocycles. The molecule has 0 saturated carbocycles. The van der Waals surface area contributed by atoms with Gasteiger partial charge in [0.2, 0.25) is 5.82 Å². The Morgan fingerprint density at radius 3 is 2.67 bits per heavy atom. The van der Waals surface area contributed by atoms with Crippen LogP contribution in [0.3, 0.4) is 0 Å². The number of carboxylic acids is 1. The Labute approximate surface area is 128 Å². The number of hydrogen-bond donors (Lipinski definition) is 3. The first-order valence-electron chi connectivity index (χ1n) is 6.15. The van der Waals surface area contributed by atoms with Crippen molar-refractivity contribution < 1.29 is 14.7 Å². The third-order valence-electron chi connectivity index (χ3n) is 2.71. The van der Waals surface area contributed by atoms with Crippen LogP contribution in [0.4, 0.5) is 5.69 Å². The molecule has 0 bridgehead atoms. The Bertz CT molecular complexity index is 696. The molecule has 21 heavy (non-hydrogen) atoms. The number of halogens is 1. The summed E-state index contributed by atoms with van der Waals surface area (Å²) in [7, 11) is 0. The summed E-state index contributed by atoms with van der Waals surface area (Å²) in [6, 6.07) is 4.35. The molecule has 0 atom stereocenters. The van der Waals surface area contributed by atoms with Crippen LogP contribution >= 0.6 is 15.9 Å². The smallest absolute Gasteiger partial charge is 0.335 e. The minimum Gasteiger partial charge on any atom is -0.478 e. The molecule has 1 aromatic carbocycles. The molecule has 0 saturated heterocycles. The van der Waals surface area contributed by atoms with Crippen molar-refractivity contribution >= 4 is 33.5 Å². The minimum absolute atomic E-state index is 0.00586. The number of amides is 1. The number of aromatic amines is 1. The number of rotatable bonds is 4. The molecule has 0 aliphatic heterocycles. The van der Waals surface area contributed by atoms with Gasteiger partial charge >= 0.3 is 5.97 Å². The van der Waals surface area contributed by atoms with Gasteiger partial charge in [0.05, 0.1) is 11.3 Å². The topological polar surface area (TPSA) is 108 Å². The summed E-state index contributed by atoms with van der Waals surface area (Å²) in [4.78, 5) is 27.1. The van der Waals surface area contributed by atoms with Gasteiger partial charge in [-0.2, -0.15) is 0 Å². The molecule has 0 fully saturated rings. The summed E-state index contributed by atoms with van der Waals surface area (Å²) in [5.41, 5.74) is 0.419. The third kappa shape index (κ3) is 3.46. The quantitative estimate of drug-likeness (QED) is 0.783. The van der Waals surface area contributed by atoms with Gasteiger partial charge in [0.1, 0.15) is 5.82 Å². The Hall–Kier alpha value is -2.22. The Morgan fingerprint density at radius 2 is 2.10 bits per heavy atom. The number of carbonyl (C=O) groups excluding carboxylic acids is 1. The lowest BCUT2D eigenvalue weighted by molar-refractivity contribution is 0.0696. The zero-order chi connectivity index (χ0) is 15.6. The minimum atomic E-state index is -1.07. The van der Waals surface area contributed by atoms with Crippen LogP contribution in [0, 0.1) is 0 Å². The molecule has 1 heterocycles. The van der Waals surface area contributed by atoms with Gasteiger partial charge in [-0.25, -0.2) is 9.78 Å². The summed E-state index contributed by atoms with van der Waals surface area (Å²) in [6.07, 6.45) is 0. The highest BCUT2D eigenvalue weighted by atomic mass is 79.9. The van der Waals surface area contributed by atoms with Crippen molar-refractivity contribution in [2.24, 2.45) is 0 Å². The maximum absolute atomic E-state index is 12.1. The number of nitrogens with one attached hydrogen (secondary N) is 2. The Kier molecular flexibility index (Phi) is 4.37. The van der Waals surface area contributed by atoms with Gasteiger partial charge in [-0.3, -0.25) is 9.89 Å². The number of anilines is 1. The van der Waals surface area contributed by atoms with Crippen molar-refractivity contribution in [3.05, 3.63) is 39.9 Å². The van der Waals surface area contributed by atoms with Crippen molar-refractivity contribution in [2.45, 2.75) is 19.8 Å². The average Bonchev–Trinajstić information content (AvgIpc) is 2.90. The van der Waals surface area contributed by atoms with Gasteiger partial charge in [-0.15, -0.1) is 5.10 Å². The number of nitrogens with zero attached hydrogens (tertiary/aromatic N) is 2. The molecule has 1 amide bonds. The number of aromatic carboxylic acids is 1. The van der Waals surface area contributed by atoms with Gasteiger partial charge in [0, 0.05) is 10.4 Å². The maximum Gasteiger partial charge on any atom is 0.335 e. The van der Waals surface area contributed by atoms with Crippen molar-refractivity contribution in [1.29, 1.82) is 0 Å². The molecule has 2 rings (SSSR count). The fourth-order valence-corrected chi connectivity index (χ4v) is 1.91. The van der Waals surface area contributed by atoms with Gasteiger partial charge < -0.3 is 10.4 Å². The number of hydrogen-bond acceptors (Lipinski definition) is 4. The average molecular weight is 353 g/mol. The van der Waals surface area contributed by atoms with Crippen LogP contribution in [0.15, 0.2) is 22.7 Å². The van der Waals surface area contributed by atoms with Crippen molar-refractivity contribution in [3.8, 4) is 0 Å². The second-order valence-electron chi connectivity index (χ2n) is 4.65. The first kappa shape index (κ1) is 15.2. The standard InChI is InChI=1S/C13H13BrN4O3/c1-6(2)10-16-11(18-17-10)12(19)15-9-5-7(13(20)21)3-4-8(9)14/h3-6H,1-2H3,(H,15,19)(H,20,21)(H,16,17,18). The van der Waals surface area contributed by atoms with Crippen LogP contribution in [0.2, 0.25) is 0 Å². The number of carboxylic acid groups (broad SMARTS) is 1. The predicted molar refractivity (Wildman–Crippen MR) is 79.5 cm³/mol. The van der Waals surface area contributed by atoms with E-state index in [1.165, 1.54) is 12.1 Å². The van der Waals surface area contributed by atoms with Crippen molar-refractivity contribution in [1.82, 2.24) is 15.2 Å². The second-order valence-corrected chi connectivity index (χ2v) is 5.51. The molecule has 0 radical (unpaired) electrons. The second kappa shape index (κ2) is 6.04. The normalized spacial score (nSPS) is 10.7. The Balaban J connectivity index is 2.22. The van der Waals surface area contributed by atoms with Crippen LogP contribution in [0.25, 0.3) is 0 Å². The van der Waals surface area contributed by atoms with Crippen LogP contribution in [-0.4, -0.2) is 32.2 Å². The lowest BCUT2D eigenvalue weighted by Crippen LogP contribution is -2.14. The number of benzene rings is 1. The first-order valence-corrected chi connectivity index (χ1v) is 6.94. The van der Waals surface area contributed by atoms with Crippen LogP contribution < -0.4 is 5.32 Å². The fraction of sp³-hybridized carbons (Fsp3) is 0.231. The predicted octanol–water partition coefficient (Wildman–Crippen LogP) is 2.64. The van der Waals surface area contributed by atoms with E-state index in [1.54, 1.807) is 6.07 Å². The van der Waals surface area contributed by atoms with E-state index in [-0.39, 0.29) is 17.3 Å². The molecule has 8 heteroatoms. The molecule has 110 valence electrons. The van der Waals surface area contributed by atoms with Gasteiger partial charge in [-0.1, -0.05) is 13.8 Å². The SMILES string of the molecule is CC(C)c1nc(C(=O)Nc2cc(C(=O)O)ccc2Br)n[nH]1. The van der Waals surface area contributed by atoms with Gasteiger partial charge in [-0.05, 0) is 34.1 Å². The molecule has 0 unspecified atom stereocenters. The summed E-state index contributed by atoms with van der Waals surface area (Å²) >= 11 is 3.25. The molecule has 7 nitrogen and oxygen atoms in total.